The van der Waals surface area contributed by atoms with Crippen LogP contribution in [0.5, 0.6) is 0 Å². The van der Waals surface area contributed by atoms with Crippen LogP contribution >= 0.6 is 0 Å². The number of nitrogens with two attached hydrogens (primary N) is 1. The van der Waals surface area contributed by atoms with Crippen LogP contribution in [0, 0.1) is 5.92 Å². The van der Waals surface area contributed by atoms with Crippen LogP contribution in [0.3, 0.4) is 0 Å². The van der Waals surface area contributed by atoms with E-state index in [2.05, 4.69) is 13.8 Å². The Bertz CT molecular complexity index is 181. The first-order chi connectivity index (χ1) is 7.52. The lowest BCUT2D eigenvalue weighted by Gasteiger charge is -2.08. The van der Waals surface area contributed by atoms with Crippen LogP contribution in [-0.2, 0) is 14.3 Å². The van der Waals surface area contributed by atoms with Gasteiger partial charge in [0.15, 0.2) is 0 Å². The summed E-state index contributed by atoms with van der Waals surface area (Å²) < 4.78 is 10.3. The fraction of sp³-hybridized carbons (Fsp3) is 0.917. The third kappa shape index (κ3) is 11.5. The van der Waals surface area contributed by atoms with Gasteiger partial charge in [-0.3, -0.25) is 4.79 Å². The average Bonchev–Trinajstić information content (AvgIpc) is 2.16. The topological polar surface area (TPSA) is 61.5 Å². The van der Waals surface area contributed by atoms with Gasteiger partial charge in [0.1, 0.15) is 6.61 Å². The molecule has 0 saturated carbocycles. The zero-order valence-corrected chi connectivity index (χ0v) is 10.7. The van der Waals surface area contributed by atoms with E-state index in [0.29, 0.717) is 32.2 Å². The molecule has 0 spiro atoms. The largest absolute Gasteiger partial charge is 0.463 e. The monoisotopic (exact) mass is 231 g/mol. The van der Waals surface area contributed by atoms with E-state index < -0.39 is 0 Å². The first-order valence-corrected chi connectivity index (χ1v) is 6.01. The molecule has 4 heteroatoms. The summed E-state index contributed by atoms with van der Waals surface area (Å²) in [6.45, 7) is 7.65. The van der Waals surface area contributed by atoms with E-state index in [1.807, 2.05) is 6.92 Å². The lowest BCUT2D eigenvalue weighted by molar-refractivity contribution is -0.145. The molecule has 0 heterocycles. The molecule has 0 aromatic heterocycles. The van der Waals surface area contributed by atoms with Crippen molar-refractivity contribution < 1.29 is 14.3 Å². The summed E-state index contributed by atoms with van der Waals surface area (Å²) in [6.07, 6.45) is 2.11. The highest BCUT2D eigenvalue weighted by atomic mass is 16.6. The van der Waals surface area contributed by atoms with Gasteiger partial charge in [-0.15, -0.1) is 0 Å². The third-order valence-corrected chi connectivity index (χ3v) is 1.98. The molecular weight excluding hydrogens is 206 g/mol. The van der Waals surface area contributed by atoms with Crippen molar-refractivity contribution in [1.29, 1.82) is 0 Å². The second kappa shape index (κ2) is 9.60. The maximum Gasteiger partial charge on any atom is 0.305 e. The predicted molar refractivity (Wildman–Crippen MR) is 64.1 cm³/mol. The number of hydrogen-bond donors (Lipinski definition) is 1. The van der Waals surface area contributed by atoms with Crippen LogP contribution in [0.15, 0.2) is 0 Å². The maximum atomic E-state index is 11.2. The van der Waals surface area contributed by atoms with E-state index in [1.54, 1.807) is 0 Å². The summed E-state index contributed by atoms with van der Waals surface area (Å²) in [6, 6.07) is 0.155. The SMILES string of the molecule is CC(C)COCCOC(=O)CCCC(C)N. The average molecular weight is 231 g/mol. The van der Waals surface area contributed by atoms with Crippen LogP contribution in [-0.4, -0.2) is 31.8 Å². The molecule has 0 rings (SSSR count). The Morgan fingerprint density at radius 1 is 1.25 bits per heavy atom. The highest BCUT2D eigenvalue weighted by molar-refractivity contribution is 5.69. The van der Waals surface area contributed by atoms with Gasteiger partial charge in [-0.1, -0.05) is 13.8 Å². The molecule has 0 aliphatic rings. The maximum absolute atomic E-state index is 11.2. The first-order valence-electron chi connectivity index (χ1n) is 6.01. The minimum atomic E-state index is -0.159. The molecule has 0 amide bonds. The van der Waals surface area contributed by atoms with E-state index in [9.17, 15) is 4.79 Å². The Hall–Kier alpha value is -0.610. The molecule has 0 radical (unpaired) electrons. The van der Waals surface area contributed by atoms with Gasteiger partial charge >= 0.3 is 5.97 Å². The second-order valence-corrected chi connectivity index (χ2v) is 4.56. The van der Waals surface area contributed by atoms with Gasteiger partial charge in [-0.25, -0.2) is 0 Å². The molecule has 0 saturated heterocycles. The van der Waals surface area contributed by atoms with Crippen molar-refractivity contribution >= 4 is 5.97 Å². The Morgan fingerprint density at radius 3 is 2.50 bits per heavy atom. The smallest absolute Gasteiger partial charge is 0.305 e. The molecule has 96 valence electrons. The van der Waals surface area contributed by atoms with Gasteiger partial charge in [0.2, 0.25) is 0 Å². The second-order valence-electron chi connectivity index (χ2n) is 4.56. The lowest BCUT2D eigenvalue weighted by Crippen LogP contribution is -2.16. The summed E-state index contributed by atoms with van der Waals surface area (Å²) in [5, 5.41) is 0. The summed E-state index contributed by atoms with van der Waals surface area (Å²) in [5.74, 6) is 0.357. The Balaban J connectivity index is 3.24. The molecule has 1 unspecified atom stereocenters. The Labute approximate surface area is 98.5 Å². The van der Waals surface area contributed by atoms with Gasteiger partial charge in [0.05, 0.1) is 6.61 Å². The zero-order valence-electron chi connectivity index (χ0n) is 10.7. The minimum Gasteiger partial charge on any atom is -0.463 e. The molecule has 0 aromatic rings. The molecule has 4 nitrogen and oxygen atoms in total. The van der Waals surface area contributed by atoms with Crippen LogP contribution in [0.1, 0.15) is 40.0 Å². The van der Waals surface area contributed by atoms with Gasteiger partial charge < -0.3 is 15.2 Å². The van der Waals surface area contributed by atoms with E-state index >= 15 is 0 Å². The highest BCUT2D eigenvalue weighted by Crippen LogP contribution is 2.00. The normalized spacial score (nSPS) is 12.8. The fourth-order valence-electron chi connectivity index (χ4n) is 1.17. The number of esters is 1. The van der Waals surface area contributed by atoms with E-state index in [-0.39, 0.29) is 12.0 Å². The first kappa shape index (κ1) is 15.4. The molecule has 0 aliphatic heterocycles. The number of carbonyl (C=O) groups is 1. The molecule has 0 bridgehead atoms. The molecule has 0 aromatic carbocycles. The standard InChI is InChI=1S/C12H25NO3/c1-10(2)9-15-7-8-16-12(14)6-4-5-11(3)13/h10-11H,4-9,13H2,1-3H3. The third-order valence-electron chi connectivity index (χ3n) is 1.98. The van der Waals surface area contributed by atoms with E-state index in [4.69, 9.17) is 15.2 Å². The molecule has 2 N–H and O–H groups in total. The number of carbonyl (C=O) groups excluding carboxylic acids is 1. The molecule has 16 heavy (non-hydrogen) atoms. The Kier molecular flexibility index (Phi) is 9.24. The summed E-state index contributed by atoms with van der Waals surface area (Å²) >= 11 is 0. The van der Waals surface area contributed by atoms with Crippen LogP contribution in [0.25, 0.3) is 0 Å². The highest BCUT2D eigenvalue weighted by Gasteiger charge is 2.03. The van der Waals surface area contributed by atoms with Crippen molar-refractivity contribution in [3.05, 3.63) is 0 Å². The Morgan fingerprint density at radius 2 is 1.94 bits per heavy atom. The minimum absolute atomic E-state index is 0.155. The van der Waals surface area contributed by atoms with Crippen molar-refractivity contribution in [3.63, 3.8) is 0 Å². The predicted octanol–water partition coefficient (Wildman–Crippen LogP) is 1.72. The molecule has 0 aliphatic carbocycles. The van der Waals surface area contributed by atoms with Crippen molar-refractivity contribution in [2.75, 3.05) is 19.8 Å². The van der Waals surface area contributed by atoms with Crippen molar-refractivity contribution in [1.82, 2.24) is 0 Å². The van der Waals surface area contributed by atoms with Crippen molar-refractivity contribution in [2.24, 2.45) is 11.7 Å². The van der Waals surface area contributed by atoms with Crippen molar-refractivity contribution in [3.8, 4) is 0 Å². The number of ether oxygens (including phenoxy) is 2. The van der Waals surface area contributed by atoms with Gasteiger partial charge in [0.25, 0.3) is 0 Å². The number of hydrogen-bond acceptors (Lipinski definition) is 4. The number of rotatable bonds is 9. The quantitative estimate of drug-likeness (QED) is 0.485. The zero-order chi connectivity index (χ0) is 12.4. The van der Waals surface area contributed by atoms with Gasteiger partial charge in [-0.05, 0) is 25.7 Å². The fourth-order valence-corrected chi connectivity index (χ4v) is 1.17. The van der Waals surface area contributed by atoms with Gasteiger partial charge in [0, 0.05) is 19.1 Å². The summed E-state index contributed by atoms with van der Waals surface area (Å²) in [5.41, 5.74) is 5.57. The van der Waals surface area contributed by atoms with Gasteiger partial charge in [-0.2, -0.15) is 0 Å². The van der Waals surface area contributed by atoms with Crippen LogP contribution in [0.4, 0.5) is 0 Å². The van der Waals surface area contributed by atoms with Crippen LogP contribution < -0.4 is 5.73 Å². The van der Waals surface area contributed by atoms with Crippen LogP contribution in [0.2, 0.25) is 0 Å². The molecular formula is C12H25NO3. The summed E-state index contributed by atoms with van der Waals surface area (Å²) in [7, 11) is 0. The lowest BCUT2D eigenvalue weighted by atomic mass is 10.1. The van der Waals surface area contributed by atoms with Crippen molar-refractivity contribution in [2.45, 2.75) is 46.1 Å². The van der Waals surface area contributed by atoms with E-state index in [0.717, 1.165) is 12.8 Å². The molecule has 1 atom stereocenters. The summed E-state index contributed by atoms with van der Waals surface area (Å²) in [4.78, 5) is 11.2. The molecule has 0 fully saturated rings. The van der Waals surface area contributed by atoms with E-state index in [1.165, 1.54) is 0 Å².